The predicted octanol–water partition coefficient (Wildman–Crippen LogP) is 3.91. The standard InChI is InChI=1S/C18H17ClN4O2/c1-25-15-8-7-12(19)10-13(15)18(24)20-14-6-3-9-23-17(14)21-16(22-23)11-4-2-5-11/h3,6-11H,2,4-5H2,1H3,(H,20,24). The Bertz CT molecular complexity index is 949. The molecule has 0 atom stereocenters. The van der Waals surface area contributed by atoms with Gasteiger partial charge in [0.05, 0.1) is 18.4 Å². The summed E-state index contributed by atoms with van der Waals surface area (Å²) in [4.78, 5) is 17.3. The number of ether oxygens (including phenoxy) is 1. The number of halogens is 1. The smallest absolute Gasteiger partial charge is 0.259 e. The number of pyridine rings is 1. The monoisotopic (exact) mass is 356 g/mol. The molecule has 128 valence electrons. The molecule has 0 spiro atoms. The highest BCUT2D eigenvalue weighted by Gasteiger charge is 2.24. The number of benzene rings is 1. The van der Waals surface area contributed by atoms with E-state index in [0.29, 0.717) is 33.6 Å². The van der Waals surface area contributed by atoms with Crippen molar-refractivity contribution in [1.82, 2.24) is 14.6 Å². The first-order valence-corrected chi connectivity index (χ1v) is 8.53. The number of amides is 1. The molecule has 1 amide bonds. The minimum Gasteiger partial charge on any atom is -0.496 e. The lowest BCUT2D eigenvalue weighted by Crippen LogP contribution is -2.14. The number of nitrogens with zero attached hydrogens (tertiary/aromatic N) is 3. The molecule has 0 saturated heterocycles. The fraction of sp³-hybridized carbons (Fsp3) is 0.278. The second-order valence-electron chi connectivity index (χ2n) is 6.09. The Morgan fingerprint density at radius 1 is 1.36 bits per heavy atom. The van der Waals surface area contributed by atoms with E-state index in [-0.39, 0.29) is 5.91 Å². The van der Waals surface area contributed by atoms with E-state index in [0.717, 1.165) is 18.7 Å². The largest absolute Gasteiger partial charge is 0.496 e. The third-order valence-corrected chi connectivity index (χ3v) is 4.74. The molecular weight excluding hydrogens is 340 g/mol. The number of nitrogens with one attached hydrogen (secondary N) is 1. The molecular formula is C18H17ClN4O2. The Morgan fingerprint density at radius 3 is 2.92 bits per heavy atom. The summed E-state index contributed by atoms with van der Waals surface area (Å²) in [5, 5.41) is 7.89. The summed E-state index contributed by atoms with van der Waals surface area (Å²) in [7, 11) is 1.52. The number of fused-ring (bicyclic) bond motifs is 1. The van der Waals surface area contributed by atoms with Crippen molar-refractivity contribution in [2.24, 2.45) is 0 Å². The van der Waals surface area contributed by atoms with Crippen molar-refractivity contribution in [2.45, 2.75) is 25.2 Å². The number of methoxy groups -OCH3 is 1. The number of hydrogen-bond donors (Lipinski definition) is 1. The third-order valence-electron chi connectivity index (χ3n) is 4.50. The Kier molecular flexibility index (Phi) is 4.05. The van der Waals surface area contributed by atoms with Crippen LogP contribution < -0.4 is 10.1 Å². The summed E-state index contributed by atoms with van der Waals surface area (Å²) >= 11 is 6.01. The van der Waals surface area contributed by atoms with Gasteiger partial charge in [0, 0.05) is 17.1 Å². The zero-order valence-corrected chi connectivity index (χ0v) is 14.5. The maximum Gasteiger partial charge on any atom is 0.259 e. The van der Waals surface area contributed by atoms with Gasteiger partial charge in [-0.15, -0.1) is 0 Å². The lowest BCUT2D eigenvalue weighted by Gasteiger charge is -2.21. The molecule has 0 unspecified atom stereocenters. The molecule has 4 rings (SSSR count). The SMILES string of the molecule is COc1ccc(Cl)cc1C(=O)Nc1cccn2nc(C3CCC3)nc12. The molecule has 0 aliphatic heterocycles. The lowest BCUT2D eigenvalue weighted by molar-refractivity contribution is 0.102. The first-order chi connectivity index (χ1) is 12.2. The summed E-state index contributed by atoms with van der Waals surface area (Å²) in [6, 6.07) is 8.57. The van der Waals surface area contributed by atoms with Crippen LogP contribution in [-0.4, -0.2) is 27.6 Å². The molecule has 1 aliphatic rings. The molecule has 2 aromatic heterocycles. The fourth-order valence-corrected chi connectivity index (χ4v) is 3.08. The van der Waals surface area contributed by atoms with Crippen molar-refractivity contribution in [1.29, 1.82) is 0 Å². The molecule has 25 heavy (non-hydrogen) atoms. The minimum absolute atomic E-state index is 0.305. The van der Waals surface area contributed by atoms with Crippen LogP contribution in [0.25, 0.3) is 5.65 Å². The molecule has 3 aromatic rings. The van der Waals surface area contributed by atoms with Gasteiger partial charge in [-0.3, -0.25) is 4.79 Å². The highest BCUT2D eigenvalue weighted by atomic mass is 35.5. The van der Waals surface area contributed by atoms with Crippen LogP contribution in [0.4, 0.5) is 5.69 Å². The average molecular weight is 357 g/mol. The summed E-state index contributed by atoms with van der Waals surface area (Å²) in [5.74, 6) is 1.43. The van der Waals surface area contributed by atoms with Crippen molar-refractivity contribution in [3.05, 3.63) is 52.9 Å². The maximum atomic E-state index is 12.7. The molecule has 1 N–H and O–H groups in total. The Morgan fingerprint density at radius 2 is 2.20 bits per heavy atom. The quantitative estimate of drug-likeness (QED) is 0.769. The van der Waals surface area contributed by atoms with E-state index in [1.54, 1.807) is 22.7 Å². The van der Waals surface area contributed by atoms with Gasteiger partial charge in [-0.1, -0.05) is 18.0 Å². The summed E-state index contributed by atoms with van der Waals surface area (Å²) in [6.07, 6.45) is 5.30. The molecule has 1 saturated carbocycles. The zero-order chi connectivity index (χ0) is 17.4. The summed E-state index contributed by atoms with van der Waals surface area (Å²) in [6.45, 7) is 0. The molecule has 1 aliphatic carbocycles. The number of aromatic nitrogens is 3. The van der Waals surface area contributed by atoms with Crippen LogP contribution in [0.1, 0.15) is 41.4 Å². The lowest BCUT2D eigenvalue weighted by atomic mass is 9.85. The molecule has 1 fully saturated rings. The molecule has 1 aromatic carbocycles. The molecule has 0 radical (unpaired) electrons. The van der Waals surface area contributed by atoms with Gasteiger partial charge < -0.3 is 10.1 Å². The number of carbonyl (C=O) groups is 1. The number of carbonyl (C=O) groups excluding carboxylic acids is 1. The Hall–Kier alpha value is -2.60. The van der Waals surface area contributed by atoms with E-state index in [1.165, 1.54) is 13.5 Å². The minimum atomic E-state index is -0.305. The number of rotatable bonds is 4. The van der Waals surface area contributed by atoms with Crippen molar-refractivity contribution in [3.63, 3.8) is 0 Å². The first-order valence-electron chi connectivity index (χ1n) is 8.16. The molecule has 0 bridgehead atoms. The zero-order valence-electron chi connectivity index (χ0n) is 13.7. The highest BCUT2D eigenvalue weighted by molar-refractivity contribution is 6.31. The van der Waals surface area contributed by atoms with Gasteiger partial charge >= 0.3 is 0 Å². The third kappa shape index (κ3) is 2.93. The maximum absolute atomic E-state index is 12.7. The van der Waals surface area contributed by atoms with Crippen LogP contribution in [0.15, 0.2) is 36.5 Å². The molecule has 7 heteroatoms. The van der Waals surface area contributed by atoms with Gasteiger partial charge in [-0.05, 0) is 43.2 Å². The summed E-state index contributed by atoms with van der Waals surface area (Å²) in [5.41, 5.74) is 1.61. The number of hydrogen-bond acceptors (Lipinski definition) is 4. The topological polar surface area (TPSA) is 68.5 Å². The highest BCUT2D eigenvalue weighted by Crippen LogP contribution is 2.35. The van der Waals surface area contributed by atoms with Crippen LogP contribution in [0.5, 0.6) is 5.75 Å². The van der Waals surface area contributed by atoms with Gasteiger partial charge in [-0.2, -0.15) is 5.10 Å². The van der Waals surface area contributed by atoms with Gasteiger partial charge in [0.1, 0.15) is 5.75 Å². The van der Waals surface area contributed by atoms with Crippen molar-refractivity contribution in [3.8, 4) is 5.75 Å². The van der Waals surface area contributed by atoms with Crippen LogP contribution in [0.3, 0.4) is 0 Å². The normalized spacial score (nSPS) is 14.3. The Balaban J connectivity index is 1.67. The van der Waals surface area contributed by atoms with E-state index in [2.05, 4.69) is 15.4 Å². The van der Waals surface area contributed by atoms with E-state index in [4.69, 9.17) is 16.3 Å². The first kappa shape index (κ1) is 15.9. The van der Waals surface area contributed by atoms with Crippen molar-refractivity contribution >= 4 is 28.8 Å². The summed E-state index contributed by atoms with van der Waals surface area (Å²) < 4.78 is 6.96. The van der Waals surface area contributed by atoms with Gasteiger partial charge in [-0.25, -0.2) is 9.50 Å². The van der Waals surface area contributed by atoms with Gasteiger partial charge in [0.2, 0.25) is 0 Å². The van der Waals surface area contributed by atoms with E-state index < -0.39 is 0 Å². The predicted molar refractivity (Wildman–Crippen MR) is 95.5 cm³/mol. The van der Waals surface area contributed by atoms with Crippen molar-refractivity contribution < 1.29 is 9.53 Å². The van der Waals surface area contributed by atoms with Crippen LogP contribution in [0.2, 0.25) is 5.02 Å². The van der Waals surface area contributed by atoms with E-state index in [9.17, 15) is 4.79 Å². The van der Waals surface area contributed by atoms with Crippen molar-refractivity contribution in [2.75, 3.05) is 12.4 Å². The molecule has 6 nitrogen and oxygen atoms in total. The van der Waals surface area contributed by atoms with Gasteiger partial charge in [0.25, 0.3) is 5.91 Å². The average Bonchev–Trinajstić information content (AvgIpc) is 2.97. The van der Waals surface area contributed by atoms with Crippen LogP contribution in [-0.2, 0) is 0 Å². The fourth-order valence-electron chi connectivity index (χ4n) is 2.91. The molecule has 2 heterocycles. The van der Waals surface area contributed by atoms with E-state index in [1.807, 2.05) is 18.3 Å². The van der Waals surface area contributed by atoms with E-state index >= 15 is 0 Å². The second-order valence-corrected chi connectivity index (χ2v) is 6.52. The van der Waals surface area contributed by atoms with Crippen LogP contribution >= 0.6 is 11.6 Å². The van der Waals surface area contributed by atoms with Crippen LogP contribution in [0, 0.1) is 0 Å². The Labute approximate surface area is 149 Å². The number of anilines is 1. The van der Waals surface area contributed by atoms with Gasteiger partial charge in [0.15, 0.2) is 11.5 Å². The second kappa shape index (κ2) is 6.37.